The standard InChI is InChI=1S/C26H26BrCl2N3O4S/c1-3-24(26(34)30-2)31(16-21-22(28)13-8-14-23(21)29)25(33)17-32(19-10-7-9-18(27)15-19)37(35,36)20-11-5-4-6-12-20/h4-15,24H,3,16-17H2,1-2H3,(H,30,34). The summed E-state index contributed by atoms with van der Waals surface area (Å²) in [5.74, 6) is -0.982. The minimum atomic E-state index is -4.13. The van der Waals surface area contributed by atoms with Gasteiger partial charge in [-0.3, -0.25) is 13.9 Å². The number of hydrogen-bond acceptors (Lipinski definition) is 4. The molecule has 0 fully saturated rings. The van der Waals surface area contributed by atoms with Crippen molar-refractivity contribution in [1.82, 2.24) is 10.2 Å². The highest BCUT2D eigenvalue weighted by atomic mass is 79.9. The van der Waals surface area contributed by atoms with Gasteiger partial charge in [0.2, 0.25) is 11.8 Å². The average Bonchev–Trinajstić information content (AvgIpc) is 2.88. The molecule has 0 aliphatic rings. The first kappa shape index (κ1) is 29.0. The molecule has 3 aromatic rings. The van der Waals surface area contributed by atoms with Gasteiger partial charge in [-0.05, 0) is 48.9 Å². The van der Waals surface area contributed by atoms with Crippen LogP contribution in [0.3, 0.4) is 0 Å². The van der Waals surface area contributed by atoms with E-state index in [0.717, 1.165) is 4.31 Å². The second-order valence-electron chi connectivity index (χ2n) is 8.06. The SMILES string of the molecule is CCC(C(=O)NC)N(Cc1c(Cl)cccc1Cl)C(=O)CN(c1cccc(Br)c1)S(=O)(=O)c1ccccc1. The molecule has 1 N–H and O–H groups in total. The van der Waals surface area contributed by atoms with E-state index in [4.69, 9.17) is 23.2 Å². The molecule has 0 saturated heterocycles. The molecular formula is C26H26BrCl2N3O4S. The highest BCUT2D eigenvalue weighted by molar-refractivity contribution is 9.10. The van der Waals surface area contributed by atoms with Crippen molar-refractivity contribution < 1.29 is 18.0 Å². The minimum Gasteiger partial charge on any atom is -0.357 e. The molecule has 1 atom stereocenters. The molecule has 3 aromatic carbocycles. The summed E-state index contributed by atoms with van der Waals surface area (Å²) in [6.07, 6.45) is 0.288. The molecule has 0 aromatic heterocycles. The predicted molar refractivity (Wildman–Crippen MR) is 150 cm³/mol. The summed E-state index contributed by atoms with van der Waals surface area (Å²) in [5, 5.41) is 3.24. The molecule has 11 heteroatoms. The summed E-state index contributed by atoms with van der Waals surface area (Å²) in [7, 11) is -2.66. The third-order valence-corrected chi connectivity index (χ3v) is 8.72. The fourth-order valence-corrected chi connectivity index (χ4v) is 6.15. The molecule has 7 nitrogen and oxygen atoms in total. The molecule has 0 radical (unpaired) electrons. The molecule has 196 valence electrons. The van der Waals surface area contributed by atoms with E-state index in [-0.39, 0.29) is 29.5 Å². The van der Waals surface area contributed by atoms with Crippen LogP contribution in [0, 0.1) is 0 Å². The molecule has 0 aliphatic heterocycles. The van der Waals surface area contributed by atoms with Crippen LogP contribution in [0.25, 0.3) is 0 Å². The lowest BCUT2D eigenvalue weighted by Gasteiger charge is -2.33. The number of sulfonamides is 1. The molecule has 0 aliphatic carbocycles. The maximum absolute atomic E-state index is 13.9. The second-order valence-corrected chi connectivity index (χ2v) is 11.7. The van der Waals surface area contributed by atoms with E-state index in [0.29, 0.717) is 20.1 Å². The largest absolute Gasteiger partial charge is 0.357 e. The Morgan fingerprint density at radius 3 is 2.16 bits per heavy atom. The van der Waals surface area contributed by atoms with Crippen LogP contribution in [-0.4, -0.2) is 44.8 Å². The molecule has 0 heterocycles. The van der Waals surface area contributed by atoms with Crippen molar-refractivity contribution in [2.24, 2.45) is 0 Å². The van der Waals surface area contributed by atoms with Crippen LogP contribution >= 0.6 is 39.1 Å². The summed E-state index contributed by atoms with van der Waals surface area (Å²) in [4.78, 5) is 28.0. The van der Waals surface area contributed by atoms with Crippen LogP contribution in [0.5, 0.6) is 0 Å². The third-order valence-electron chi connectivity index (χ3n) is 5.73. The van der Waals surface area contributed by atoms with E-state index in [2.05, 4.69) is 21.2 Å². The van der Waals surface area contributed by atoms with Gasteiger partial charge in [-0.2, -0.15) is 0 Å². The number of amides is 2. The van der Waals surface area contributed by atoms with Crippen molar-refractivity contribution in [2.45, 2.75) is 30.8 Å². The Morgan fingerprint density at radius 1 is 0.973 bits per heavy atom. The molecule has 3 rings (SSSR count). The number of carbonyl (C=O) groups is 2. The van der Waals surface area contributed by atoms with Gasteiger partial charge in [0, 0.05) is 33.7 Å². The molecule has 0 bridgehead atoms. The topological polar surface area (TPSA) is 86.8 Å². The first-order valence-electron chi connectivity index (χ1n) is 11.4. The Hall–Kier alpha value is -2.59. The Bertz CT molecular complexity index is 1350. The zero-order chi connectivity index (χ0) is 27.2. The number of nitrogens with one attached hydrogen (secondary N) is 1. The van der Waals surface area contributed by atoms with Gasteiger partial charge in [-0.15, -0.1) is 0 Å². The summed E-state index contributed by atoms with van der Waals surface area (Å²) < 4.78 is 29.1. The summed E-state index contributed by atoms with van der Waals surface area (Å²) >= 11 is 16.1. The van der Waals surface area contributed by atoms with Crippen molar-refractivity contribution in [3.63, 3.8) is 0 Å². The predicted octanol–water partition coefficient (Wildman–Crippen LogP) is 5.50. The number of hydrogen-bond donors (Lipinski definition) is 1. The number of carbonyl (C=O) groups excluding carboxylic acids is 2. The fourth-order valence-electron chi connectivity index (χ4n) is 3.82. The monoisotopic (exact) mass is 625 g/mol. The molecular weight excluding hydrogens is 601 g/mol. The van der Waals surface area contributed by atoms with E-state index >= 15 is 0 Å². The van der Waals surface area contributed by atoms with Gasteiger partial charge < -0.3 is 10.2 Å². The zero-order valence-electron chi connectivity index (χ0n) is 20.2. The molecule has 37 heavy (non-hydrogen) atoms. The average molecular weight is 627 g/mol. The van der Waals surface area contributed by atoms with Gasteiger partial charge in [0.1, 0.15) is 12.6 Å². The van der Waals surface area contributed by atoms with Gasteiger partial charge in [-0.25, -0.2) is 8.42 Å². The first-order chi connectivity index (χ1) is 17.6. The Labute approximate surface area is 235 Å². The lowest BCUT2D eigenvalue weighted by Crippen LogP contribution is -2.51. The number of nitrogens with zero attached hydrogens (tertiary/aromatic N) is 2. The molecule has 2 amide bonds. The number of rotatable bonds is 10. The van der Waals surface area contributed by atoms with E-state index in [9.17, 15) is 18.0 Å². The number of halogens is 3. The summed E-state index contributed by atoms with van der Waals surface area (Å²) in [6, 6.07) is 18.6. The number of anilines is 1. The highest BCUT2D eigenvalue weighted by Crippen LogP contribution is 2.29. The molecule has 0 spiro atoms. The van der Waals surface area contributed by atoms with E-state index in [1.807, 2.05) is 0 Å². The van der Waals surface area contributed by atoms with Crippen LogP contribution in [0.4, 0.5) is 5.69 Å². The fraction of sp³-hybridized carbons (Fsp3) is 0.231. The summed E-state index contributed by atoms with van der Waals surface area (Å²) in [5.41, 5.74) is 0.747. The van der Waals surface area contributed by atoms with Gasteiger partial charge in [0.25, 0.3) is 10.0 Å². The maximum Gasteiger partial charge on any atom is 0.264 e. The third kappa shape index (κ3) is 6.84. The van der Waals surface area contributed by atoms with Crippen LogP contribution < -0.4 is 9.62 Å². The Kier molecular flexibility index (Phi) is 10.0. The van der Waals surface area contributed by atoms with E-state index in [1.54, 1.807) is 67.6 Å². The van der Waals surface area contributed by atoms with E-state index in [1.165, 1.54) is 24.1 Å². The number of benzene rings is 3. The first-order valence-corrected chi connectivity index (χ1v) is 14.4. The van der Waals surface area contributed by atoms with Crippen molar-refractivity contribution >= 4 is 66.7 Å². The van der Waals surface area contributed by atoms with Gasteiger partial charge in [0.15, 0.2) is 0 Å². The zero-order valence-corrected chi connectivity index (χ0v) is 24.1. The van der Waals surface area contributed by atoms with Gasteiger partial charge >= 0.3 is 0 Å². The molecule has 0 saturated carbocycles. The van der Waals surface area contributed by atoms with Crippen LogP contribution in [0.1, 0.15) is 18.9 Å². The van der Waals surface area contributed by atoms with Crippen molar-refractivity contribution in [1.29, 1.82) is 0 Å². The van der Waals surface area contributed by atoms with Crippen molar-refractivity contribution in [3.8, 4) is 0 Å². The van der Waals surface area contributed by atoms with Crippen LogP contribution in [0.15, 0.2) is 82.2 Å². The van der Waals surface area contributed by atoms with Crippen LogP contribution in [-0.2, 0) is 26.2 Å². The normalized spacial score (nSPS) is 12.0. The molecule has 1 unspecified atom stereocenters. The number of likely N-dealkylation sites (N-methyl/N-ethyl adjacent to an activating group) is 1. The highest BCUT2D eigenvalue weighted by Gasteiger charge is 2.34. The minimum absolute atomic E-state index is 0.0295. The quantitative estimate of drug-likeness (QED) is 0.322. The van der Waals surface area contributed by atoms with Crippen molar-refractivity contribution in [2.75, 3.05) is 17.9 Å². The van der Waals surface area contributed by atoms with Gasteiger partial charge in [-0.1, -0.05) is 76.4 Å². The van der Waals surface area contributed by atoms with E-state index < -0.39 is 28.5 Å². The Morgan fingerprint density at radius 2 is 1.59 bits per heavy atom. The van der Waals surface area contributed by atoms with Gasteiger partial charge in [0.05, 0.1) is 10.6 Å². The van der Waals surface area contributed by atoms with Crippen LogP contribution in [0.2, 0.25) is 10.0 Å². The van der Waals surface area contributed by atoms with Crippen molar-refractivity contribution in [3.05, 3.63) is 92.9 Å². The summed E-state index contributed by atoms with van der Waals surface area (Å²) in [6.45, 7) is 1.13. The second kappa shape index (κ2) is 12.8. The lowest BCUT2D eigenvalue weighted by molar-refractivity contribution is -0.140. The Balaban J connectivity index is 2.09. The maximum atomic E-state index is 13.9. The lowest BCUT2D eigenvalue weighted by atomic mass is 10.1. The smallest absolute Gasteiger partial charge is 0.264 e.